The van der Waals surface area contributed by atoms with E-state index < -0.39 is 5.97 Å². The SMILES string of the molecule is CN(C)c1ccccc1Nc1cc(-c2ccccc2)ccc1C(=O)O. The Morgan fingerprint density at radius 3 is 2.20 bits per heavy atom. The molecule has 0 atom stereocenters. The van der Waals surface area contributed by atoms with Crippen molar-refractivity contribution in [3.8, 4) is 11.1 Å². The number of hydrogen-bond acceptors (Lipinski definition) is 3. The van der Waals surface area contributed by atoms with E-state index in [0.29, 0.717) is 5.69 Å². The van der Waals surface area contributed by atoms with Gasteiger partial charge >= 0.3 is 5.97 Å². The molecule has 4 heteroatoms. The number of carboxylic acid groups (broad SMARTS) is 1. The molecule has 0 aliphatic rings. The zero-order chi connectivity index (χ0) is 17.8. The third-order valence-corrected chi connectivity index (χ3v) is 4.01. The van der Waals surface area contributed by atoms with Gasteiger partial charge in [0.15, 0.2) is 0 Å². The van der Waals surface area contributed by atoms with Crippen molar-refractivity contribution >= 4 is 23.0 Å². The van der Waals surface area contributed by atoms with E-state index in [2.05, 4.69) is 5.32 Å². The topological polar surface area (TPSA) is 52.6 Å². The molecule has 0 bridgehead atoms. The third kappa shape index (κ3) is 3.63. The van der Waals surface area contributed by atoms with Gasteiger partial charge in [-0.3, -0.25) is 0 Å². The molecule has 4 nitrogen and oxygen atoms in total. The fraction of sp³-hybridized carbons (Fsp3) is 0.0952. The minimum Gasteiger partial charge on any atom is -0.478 e. The van der Waals surface area contributed by atoms with Gasteiger partial charge in [-0.15, -0.1) is 0 Å². The highest BCUT2D eigenvalue weighted by Crippen LogP contribution is 2.32. The van der Waals surface area contributed by atoms with Gasteiger partial charge in [-0.05, 0) is 35.4 Å². The molecule has 126 valence electrons. The van der Waals surface area contributed by atoms with Gasteiger partial charge in [-0.2, -0.15) is 0 Å². The maximum atomic E-state index is 11.6. The molecule has 0 saturated carbocycles. The Morgan fingerprint density at radius 2 is 1.52 bits per heavy atom. The molecule has 0 aromatic heterocycles. The van der Waals surface area contributed by atoms with Crippen LogP contribution in [-0.2, 0) is 0 Å². The van der Waals surface area contributed by atoms with E-state index in [1.807, 2.05) is 85.7 Å². The quantitative estimate of drug-likeness (QED) is 0.700. The van der Waals surface area contributed by atoms with Crippen molar-refractivity contribution in [3.05, 3.63) is 78.4 Å². The van der Waals surface area contributed by atoms with Crippen LogP contribution in [0.1, 0.15) is 10.4 Å². The van der Waals surface area contributed by atoms with Gasteiger partial charge in [-0.25, -0.2) is 4.79 Å². The van der Waals surface area contributed by atoms with E-state index in [0.717, 1.165) is 22.5 Å². The van der Waals surface area contributed by atoms with Crippen molar-refractivity contribution in [1.29, 1.82) is 0 Å². The summed E-state index contributed by atoms with van der Waals surface area (Å²) >= 11 is 0. The molecule has 0 spiro atoms. The normalized spacial score (nSPS) is 10.3. The van der Waals surface area contributed by atoms with E-state index in [4.69, 9.17) is 0 Å². The molecule has 0 fully saturated rings. The Morgan fingerprint density at radius 1 is 0.840 bits per heavy atom. The standard InChI is InChI=1S/C21H20N2O2/c1-23(2)20-11-7-6-10-18(20)22-19-14-16(12-13-17(19)21(24)25)15-8-4-3-5-9-15/h3-14,22H,1-2H3,(H,24,25). The minimum absolute atomic E-state index is 0.244. The molecule has 0 heterocycles. The predicted octanol–water partition coefficient (Wildman–Crippen LogP) is 4.86. The summed E-state index contributed by atoms with van der Waals surface area (Å²) in [7, 11) is 3.91. The van der Waals surface area contributed by atoms with Crippen molar-refractivity contribution in [2.24, 2.45) is 0 Å². The molecule has 0 radical (unpaired) electrons. The molecule has 0 unspecified atom stereocenters. The van der Waals surface area contributed by atoms with Crippen LogP contribution in [0.4, 0.5) is 17.1 Å². The Labute approximate surface area is 147 Å². The molecular weight excluding hydrogens is 312 g/mol. The van der Waals surface area contributed by atoms with E-state index in [1.54, 1.807) is 6.07 Å². The number of aromatic carboxylic acids is 1. The molecule has 3 aromatic carbocycles. The average molecular weight is 332 g/mol. The maximum Gasteiger partial charge on any atom is 0.337 e. The van der Waals surface area contributed by atoms with Crippen LogP contribution in [0.25, 0.3) is 11.1 Å². The third-order valence-electron chi connectivity index (χ3n) is 4.01. The van der Waals surface area contributed by atoms with Crippen LogP contribution >= 0.6 is 0 Å². The van der Waals surface area contributed by atoms with Crippen molar-refractivity contribution in [2.45, 2.75) is 0 Å². The van der Waals surface area contributed by atoms with Crippen molar-refractivity contribution in [2.75, 3.05) is 24.3 Å². The maximum absolute atomic E-state index is 11.6. The van der Waals surface area contributed by atoms with E-state index in [1.165, 1.54) is 0 Å². The van der Waals surface area contributed by atoms with Gasteiger partial charge < -0.3 is 15.3 Å². The molecular formula is C21H20N2O2. The summed E-state index contributed by atoms with van der Waals surface area (Å²) in [5, 5.41) is 12.8. The first-order valence-electron chi connectivity index (χ1n) is 8.02. The summed E-state index contributed by atoms with van der Waals surface area (Å²) in [5.74, 6) is -0.954. The number of carbonyl (C=O) groups is 1. The highest BCUT2D eigenvalue weighted by Gasteiger charge is 2.13. The fourth-order valence-corrected chi connectivity index (χ4v) is 2.76. The number of anilines is 3. The fourth-order valence-electron chi connectivity index (χ4n) is 2.76. The first kappa shape index (κ1) is 16.6. The summed E-state index contributed by atoms with van der Waals surface area (Å²) in [6.07, 6.45) is 0. The first-order chi connectivity index (χ1) is 12.1. The zero-order valence-corrected chi connectivity index (χ0v) is 14.2. The lowest BCUT2D eigenvalue weighted by molar-refractivity contribution is 0.0698. The summed E-state index contributed by atoms with van der Waals surface area (Å²) in [4.78, 5) is 13.6. The lowest BCUT2D eigenvalue weighted by Crippen LogP contribution is -2.11. The van der Waals surface area contributed by atoms with E-state index in [9.17, 15) is 9.90 Å². The number of hydrogen-bond donors (Lipinski definition) is 2. The number of benzene rings is 3. The number of rotatable bonds is 5. The van der Waals surface area contributed by atoms with Crippen LogP contribution in [0.2, 0.25) is 0 Å². The van der Waals surface area contributed by atoms with Gasteiger partial charge in [0, 0.05) is 14.1 Å². The molecule has 2 N–H and O–H groups in total. The second-order valence-corrected chi connectivity index (χ2v) is 5.97. The number of carboxylic acids is 1. The largest absolute Gasteiger partial charge is 0.478 e. The Hall–Kier alpha value is -3.27. The van der Waals surface area contributed by atoms with Crippen LogP contribution in [0.15, 0.2) is 72.8 Å². The zero-order valence-electron chi connectivity index (χ0n) is 14.2. The highest BCUT2D eigenvalue weighted by molar-refractivity contribution is 5.97. The number of nitrogens with one attached hydrogen (secondary N) is 1. The monoisotopic (exact) mass is 332 g/mol. The number of nitrogens with zero attached hydrogens (tertiary/aromatic N) is 1. The lowest BCUT2D eigenvalue weighted by atomic mass is 10.0. The van der Waals surface area contributed by atoms with E-state index in [-0.39, 0.29) is 5.56 Å². The van der Waals surface area contributed by atoms with Gasteiger partial charge in [0.1, 0.15) is 0 Å². The van der Waals surface area contributed by atoms with Gasteiger partial charge in [0.25, 0.3) is 0 Å². The summed E-state index contributed by atoms with van der Waals surface area (Å²) in [5.41, 5.74) is 4.68. The Kier molecular flexibility index (Phi) is 4.70. The van der Waals surface area contributed by atoms with Crippen LogP contribution in [0.5, 0.6) is 0 Å². The summed E-state index contributed by atoms with van der Waals surface area (Å²) in [6.45, 7) is 0. The van der Waals surface area contributed by atoms with Gasteiger partial charge in [0.2, 0.25) is 0 Å². The molecule has 0 aliphatic carbocycles. The molecule has 0 saturated heterocycles. The molecule has 25 heavy (non-hydrogen) atoms. The molecule has 0 aliphatic heterocycles. The minimum atomic E-state index is -0.954. The second kappa shape index (κ2) is 7.09. The van der Waals surface area contributed by atoms with Gasteiger partial charge in [0.05, 0.1) is 22.6 Å². The van der Waals surface area contributed by atoms with Crippen molar-refractivity contribution in [3.63, 3.8) is 0 Å². The Balaban J connectivity index is 2.06. The summed E-state index contributed by atoms with van der Waals surface area (Å²) < 4.78 is 0. The van der Waals surface area contributed by atoms with Crippen LogP contribution < -0.4 is 10.2 Å². The molecule has 3 aromatic rings. The van der Waals surface area contributed by atoms with Crippen molar-refractivity contribution < 1.29 is 9.90 Å². The Bertz CT molecular complexity index is 889. The van der Waals surface area contributed by atoms with E-state index >= 15 is 0 Å². The van der Waals surface area contributed by atoms with Crippen molar-refractivity contribution in [1.82, 2.24) is 0 Å². The highest BCUT2D eigenvalue weighted by atomic mass is 16.4. The van der Waals surface area contributed by atoms with Crippen LogP contribution in [0, 0.1) is 0 Å². The average Bonchev–Trinajstić information content (AvgIpc) is 2.62. The number of para-hydroxylation sites is 2. The smallest absolute Gasteiger partial charge is 0.337 e. The lowest BCUT2D eigenvalue weighted by Gasteiger charge is -2.19. The van der Waals surface area contributed by atoms with Gasteiger partial charge in [-0.1, -0.05) is 48.5 Å². The first-order valence-corrected chi connectivity index (χ1v) is 8.02. The van der Waals surface area contributed by atoms with Crippen LogP contribution in [-0.4, -0.2) is 25.2 Å². The van der Waals surface area contributed by atoms with Crippen LogP contribution in [0.3, 0.4) is 0 Å². The molecule has 0 amide bonds. The predicted molar refractivity (Wildman–Crippen MR) is 103 cm³/mol. The summed E-state index contributed by atoms with van der Waals surface area (Å²) in [6, 6.07) is 23.1. The molecule has 3 rings (SSSR count). The second-order valence-electron chi connectivity index (χ2n) is 5.97.